The molecule has 0 bridgehead atoms. The normalized spacial score (nSPS) is 17.4. The molecule has 5 rings (SSSR count). The Balaban J connectivity index is 1.12. The second-order valence-corrected chi connectivity index (χ2v) is 35.2. The van der Waals surface area contributed by atoms with Gasteiger partial charge in [-0.15, -0.1) is 0 Å². The molecular formula is C87H136N15O28P. The van der Waals surface area contributed by atoms with E-state index in [9.17, 15) is 86.4 Å². The molecule has 15 N–H and O–H groups in total. The van der Waals surface area contributed by atoms with Crippen molar-refractivity contribution in [2.24, 2.45) is 35.3 Å². The van der Waals surface area contributed by atoms with Crippen LogP contribution in [0, 0.1) is 29.6 Å². The quantitative estimate of drug-likeness (QED) is 0.0185. The summed E-state index contributed by atoms with van der Waals surface area (Å²) in [4.78, 5) is 238. The lowest BCUT2D eigenvalue weighted by Crippen LogP contribution is -2.60. The number of anilines is 1. The van der Waals surface area contributed by atoms with Gasteiger partial charge in [-0.1, -0.05) is 111 Å². The number of likely N-dealkylation sites (N-methyl/N-ethyl adjacent to an activating group) is 2. The second kappa shape index (κ2) is 56.3. The monoisotopic (exact) mass is 1870 g/mol. The van der Waals surface area contributed by atoms with Crippen LogP contribution in [0.4, 0.5) is 15.3 Å². The number of benzene rings is 2. The zero-order valence-electron chi connectivity index (χ0n) is 77.3. The third-order valence-electron chi connectivity index (χ3n) is 22.5. The number of esters is 1. The van der Waals surface area contributed by atoms with Crippen molar-refractivity contribution < 1.29 is 134 Å². The molecule has 0 spiro atoms. The molecule has 0 aromatic heterocycles. The molecule has 15 atom stereocenters. The number of nitrogens with one attached hydrogen (secondary N) is 10. The van der Waals surface area contributed by atoms with E-state index in [0.717, 1.165) is 17.1 Å². The molecule has 2 unspecified atom stereocenters. The van der Waals surface area contributed by atoms with Gasteiger partial charge in [-0.25, -0.2) is 14.4 Å². The number of ether oxygens (including phenoxy) is 8. The minimum absolute atomic E-state index is 0.00716. The summed E-state index contributed by atoms with van der Waals surface area (Å²) in [6, 6.07) is 3.37. The summed E-state index contributed by atoms with van der Waals surface area (Å²) in [5.41, 5.74) is 6.63. The molecule has 44 heteroatoms. The fourth-order valence-corrected chi connectivity index (χ4v) is 15.6. The van der Waals surface area contributed by atoms with Crippen LogP contribution in [0.1, 0.15) is 151 Å². The number of hydrogen-bond donors (Lipinski definition) is 14. The Morgan fingerprint density at radius 1 is 0.618 bits per heavy atom. The number of carbonyl (C=O) groups excluding carboxylic acids is 16. The summed E-state index contributed by atoms with van der Waals surface area (Å²) < 4.78 is 56.0. The average Bonchev–Trinajstić information content (AvgIpc) is 1.78. The van der Waals surface area contributed by atoms with Crippen molar-refractivity contribution in [1.82, 2.24) is 67.5 Å². The largest absolute Gasteiger partial charge is 0.464 e. The topological polar surface area (TPSA) is 584 Å². The maximum Gasteiger partial charge on any atom is 0.410 e. The van der Waals surface area contributed by atoms with E-state index in [1.807, 2.05) is 19.9 Å². The lowest BCUT2D eigenvalue weighted by Gasteiger charge is -2.41. The number of aliphatic hydroxyl groups is 1. The van der Waals surface area contributed by atoms with Gasteiger partial charge in [-0.2, -0.15) is 0 Å². The maximum atomic E-state index is 14.9. The Morgan fingerprint density at radius 2 is 1.23 bits per heavy atom. The van der Waals surface area contributed by atoms with Gasteiger partial charge in [-0.05, 0) is 79.5 Å². The van der Waals surface area contributed by atoms with Gasteiger partial charge >= 0.3 is 25.7 Å². The zero-order valence-corrected chi connectivity index (χ0v) is 78.2. The Hall–Kier alpha value is -10.6. The van der Waals surface area contributed by atoms with E-state index >= 15 is 0 Å². The summed E-state index contributed by atoms with van der Waals surface area (Å²) in [7, 11) is 1.49. The number of primary amides is 1. The molecule has 3 aliphatic rings. The van der Waals surface area contributed by atoms with E-state index in [-0.39, 0.29) is 135 Å². The number of urea groups is 1. The Kier molecular flexibility index (Phi) is 47.6. The van der Waals surface area contributed by atoms with Gasteiger partial charge in [0.1, 0.15) is 48.9 Å². The first-order valence-electron chi connectivity index (χ1n) is 44.1. The van der Waals surface area contributed by atoms with E-state index in [2.05, 4.69) is 53.2 Å². The predicted molar refractivity (Wildman–Crippen MR) is 473 cm³/mol. The lowest BCUT2D eigenvalue weighted by atomic mass is 9.89. The molecule has 732 valence electrons. The number of imide groups is 1. The maximum absolute atomic E-state index is 14.9. The van der Waals surface area contributed by atoms with Crippen molar-refractivity contribution in [2.75, 3.05) is 125 Å². The first-order chi connectivity index (χ1) is 62.0. The molecule has 3 aliphatic heterocycles. The SMILES string of the molecule is CC[C@H](C)[C@@H]([C@@H](CC(=O)N1CCC[C@H]1[C@H](OC)[C@@H](C)C(=O)N[C@H](C)[C@@H](O)c1ccccc1)OC)N(C)C(=O)[C@@H](NC(=O)[C@H](C(C)C)N(C)C(=O)OCc1ccc(NC(=O)[C@H](CCCNC(N)=O)NC(=O)[C@@H](NC(=O)C(CC(=O)N[C@H]2CCOC2=O)NC(=O)CCOCCOCCOCCOCCNC(=O)C(CNC(=O)CCP(=O)(O)O)N2C(=O)C=CC2=O)C(C)C)cc1)C(C)C. The molecule has 16 amide bonds. The van der Waals surface area contributed by atoms with Gasteiger partial charge in [0.05, 0.1) is 121 Å². The Labute approximate surface area is 763 Å². The van der Waals surface area contributed by atoms with Crippen molar-refractivity contribution >= 4 is 108 Å². The number of nitrogens with two attached hydrogens (primary N) is 1. The van der Waals surface area contributed by atoms with Crippen molar-refractivity contribution in [3.05, 3.63) is 77.9 Å². The minimum atomic E-state index is -4.49. The molecule has 3 heterocycles. The fourth-order valence-electron chi connectivity index (χ4n) is 15.1. The first-order valence-corrected chi connectivity index (χ1v) is 45.9. The van der Waals surface area contributed by atoms with Crippen molar-refractivity contribution in [2.45, 2.75) is 219 Å². The zero-order chi connectivity index (χ0) is 97.4. The summed E-state index contributed by atoms with van der Waals surface area (Å²) >= 11 is 0. The molecule has 2 fully saturated rings. The minimum Gasteiger partial charge on any atom is -0.464 e. The first kappa shape index (κ1) is 111. The number of methoxy groups -OCH3 is 2. The number of hydrogen-bond acceptors (Lipinski definition) is 26. The highest BCUT2D eigenvalue weighted by Gasteiger charge is 2.45. The number of rotatable bonds is 59. The third kappa shape index (κ3) is 36.8. The van der Waals surface area contributed by atoms with Crippen molar-refractivity contribution in [1.29, 1.82) is 0 Å². The van der Waals surface area contributed by atoms with E-state index in [4.69, 9.17) is 53.4 Å². The highest BCUT2D eigenvalue weighted by Crippen LogP contribution is 2.35. The number of amides is 16. The number of cyclic esters (lactones) is 1. The van der Waals surface area contributed by atoms with Crippen molar-refractivity contribution in [3.63, 3.8) is 0 Å². The van der Waals surface area contributed by atoms with Crippen LogP contribution in [-0.2, 0) is 116 Å². The van der Waals surface area contributed by atoms with Crippen LogP contribution in [0.2, 0.25) is 0 Å². The van der Waals surface area contributed by atoms with Crippen LogP contribution in [0.3, 0.4) is 0 Å². The van der Waals surface area contributed by atoms with Crippen LogP contribution in [0.25, 0.3) is 0 Å². The van der Waals surface area contributed by atoms with Crippen LogP contribution in [0.5, 0.6) is 0 Å². The van der Waals surface area contributed by atoms with E-state index in [1.165, 1.54) is 38.3 Å². The second-order valence-electron chi connectivity index (χ2n) is 33.5. The predicted octanol–water partition coefficient (Wildman–Crippen LogP) is 0.448. The molecule has 2 saturated heterocycles. The lowest BCUT2D eigenvalue weighted by molar-refractivity contribution is -0.148. The average molecular weight is 1870 g/mol. The fraction of sp³-hybridized carbons (Fsp3) is 0.655. The van der Waals surface area contributed by atoms with Gasteiger partial charge < -0.3 is 121 Å². The van der Waals surface area contributed by atoms with Gasteiger partial charge in [0.25, 0.3) is 11.8 Å². The standard InChI is InChI=1S/C87H136N15O28P/c1-15-54(8)75(65(123-13)48-71(108)101-36-20-24-63(101)77(124-14)55(9)78(110)92-56(10)76(109)58-21-17-16-18-22-58)99(11)84(116)73(52(4)5)98-83(115)74(53(6)7)100(12)87(119)130-50-57-25-27-59(28-26-57)93-79(111)60(23-19-34-90-86(88)118)96-82(114)72(51(2)3)97-80(112)62(47-68(105)94-61-31-38-129-85(61)117)95-67(104)32-37-125-40-42-127-44-45-128-43-41-126-39-35-89-81(113)64(102-69(106)29-30-70(102)107)49-91-66(103)33-46-131(120,121)122/h16-18,21-22,25-30,51-56,60-65,72-77,109H,15,19-20,23-24,31-50H2,1-14H3,(H,89,113)(H,91,103)(H,92,110)(H,93,111)(H,94,105)(H,95,104)(H,96,114)(H,97,112)(H,98,115)(H3,88,90,118)(H2,120,121,122)/t54-,55+,56+,60-,61-,62?,63-,64?,65+,72-,73-,74-,75-,76+,77+/m0/s1. The molecule has 0 aliphatic carbocycles. The summed E-state index contributed by atoms with van der Waals surface area (Å²) in [5, 5.41) is 37.1. The van der Waals surface area contributed by atoms with Crippen LogP contribution < -0.4 is 58.9 Å². The van der Waals surface area contributed by atoms with E-state index in [1.54, 1.807) is 104 Å². The molecule has 2 aromatic rings. The van der Waals surface area contributed by atoms with Crippen LogP contribution >= 0.6 is 7.60 Å². The number of likely N-dealkylation sites (tertiary alicyclic amines) is 1. The smallest absolute Gasteiger partial charge is 0.410 e. The molecular weight excluding hydrogens is 1730 g/mol. The molecule has 0 radical (unpaired) electrons. The van der Waals surface area contributed by atoms with Gasteiger partial charge in [0.15, 0.2) is 0 Å². The summed E-state index contributed by atoms with van der Waals surface area (Å²) in [6.07, 6.45) is -1.93. The van der Waals surface area contributed by atoms with E-state index < -0.39 is 219 Å². The molecule has 2 aromatic carbocycles. The number of carbonyl (C=O) groups is 16. The van der Waals surface area contributed by atoms with Crippen LogP contribution in [0.15, 0.2) is 66.7 Å². The number of nitrogens with zero attached hydrogens (tertiary/aromatic N) is 4. The van der Waals surface area contributed by atoms with Gasteiger partial charge in [0, 0.05) is 91.6 Å². The summed E-state index contributed by atoms with van der Waals surface area (Å²) in [5.74, 6) is -12.4. The van der Waals surface area contributed by atoms with Gasteiger partial charge in [0.2, 0.25) is 65.0 Å². The number of aliphatic hydroxyl groups excluding tert-OH is 1. The molecule has 131 heavy (non-hydrogen) atoms. The summed E-state index contributed by atoms with van der Waals surface area (Å²) in [6.45, 7) is 17.4. The molecule has 43 nitrogen and oxygen atoms in total. The van der Waals surface area contributed by atoms with Gasteiger partial charge in [-0.3, -0.25) is 76.7 Å². The Bertz CT molecular complexity index is 4180. The highest BCUT2D eigenvalue weighted by molar-refractivity contribution is 7.51. The Morgan fingerprint density at radius 3 is 1.79 bits per heavy atom. The molecule has 0 saturated carbocycles. The third-order valence-corrected chi connectivity index (χ3v) is 23.3. The van der Waals surface area contributed by atoms with Crippen molar-refractivity contribution in [3.8, 4) is 0 Å². The van der Waals surface area contributed by atoms with E-state index in [0.29, 0.717) is 41.8 Å². The highest BCUT2D eigenvalue weighted by atomic mass is 31.2. The van der Waals surface area contributed by atoms with Crippen LogP contribution in [-0.4, -0.2) is 322 Å².